The summed E-state index contributed by atoms with van der Waals surface area (Å²) < 4.78 is 1.57. The number of anilines is 1. The third-order valence-electron chi connectivity index (χ3n) is 3.57. The molecule has 1 amide bonds. The fraction of sp³-hybridized carbons (Fsp3) is 0.667. The van der Waals surface area contributed by atoms with Crippen LogP contribution in [0, 0.1) is 12.8 Å². The van der Waals surface area contributed by atoms with Crippen molar-refractivity contribution < 1.29 is 4.79 Å². The highest BCUT2D eigenvalue weighted by Gasteiger charge is 2.25. The van der Waals surface area contributed by atoms with Gasteiger partial charge in [0.15, 0.2) is 0 Å². The normalized spacial score (nSPS) is 15.7. The molecule has 5 nitrogen and oxygen atoms in total. The summed E-state index contributed by atoms with van der Waals surface area (Å²) in [5, 5.41) is 4.17. The highest BCUT2D eigenvalue weighted by atomic mass is 16.2. The van der Waals surface area contributed by atoms with Gasteiger partial charge in [-0.25, -0.2) is 0 Å². The van der Waals surface area contributed by atoms with Crippen LogP contribution in [-0.4, -0.2) is 34.2 Å². The molecule has 0 aromatic carbocycles. The van der Waals surface area contributed by atoms with E-state index in [2.05, 4.69) is 5.10 Å². The van der Waals surface area contributed by atoms with Gasteiger partial charge in [-0.15, -0.1) is 0 Å². The largest absolute Gasteiger partial charge is 0.395 e. The van der Waals surface area contributed by atoms with E-state index in [1.807, 2.05) is 14.0 Å². The van der Waals surface area contributed by atoms with E-state index in [1.54, 1.807) is 16.6 Å². The lowest BCUT2D eigenvalue weighted by Crippen LogP contribution is -2.35. The minimum absolute atomic E-state index is 0.0301. The van der Waals surface area contributed by atoms with Gasteiger partial charge in [0, 0.05) is 20.6 Å². The van der Waals surface area contributed by atoms with Crippen molar-refractivity contribution in [2.45, 2.75) is 26.2 Å². The van der Waals surface area contributed by atoms with Crippen LogP contribution in [-0.2, 0) is 7.05 Å². The maximum absolute atomic E-state index is 12.3. The van der Waals surface area contributed by atoms with Gasteiger partial charge < -0.3 is 10.6 Å². The van der Waals surface area contributed by atoms with Crippen LogP contribution < -0.4 is 5.73 Å². The van der Waals surface area contributed by atoms with Crippen molar-refractivity contribution in [3.63, 3.8) is 0 Å². The van der Waals surface area contributed by atoms with Crippen molar-refractivity contribution in [1.82, 2.24) is 14.7 Å². The number of hydrogen-bond acceptors (Lipinski definition) is 3. The lowest BCUT2D eigenvalue weighted by Gasteiger charge is -2.30. The van der Waals surface area contributed by atoms with Gasteiger partial charge in [0.2, 0.25) is 0 Å². The number of rotatable bonds is 3. The molecule has 1 aliphatic carbocycles. The predicted octanol–water partition coefficient (Wildman–Crippen LogP) is 1.18. The van der Waals surface area contributed by atoms with Crippen LogP contribution in [0.1, 0.15) is 35.4 Å². The number of amides is 1. The summed E-state index contributed by atoms with van der Waals surface area (Å²) in [5.74, 6) is 0.636. The Morgan fingerprint density at radius 2 is 2.24 bits per heavy atom. The highest BCUT2D eigenvalue weighted by Crippen LogP contribution is 2.27. The summed E-state index contributed by atoms with van der Waals surface area (Å²) in [6.07, 6.45) is 3.76. The molecular formula is C12H20N4O. The molecule has 17 heavy (non-hydrogen) atoms. The Balaban J connectivity index is 2.12. The maximum Gasteiger partial charge on any atom is 0.274 e. The van der Waals surface area contributed by atoms with E-state index < -0.39 is 0 Å². The van der Waals surface area contributed by atoms with Crippen LogP contribution in [0.2, 0.25) is 0 Å². The van der Waals surface area contributed by atoms with Crippen molar-refractivity contribution in [3.8, 4) is 0 Å². The first-order chi connectivity index (χ1) is 8.00. The summed E-state index contributed by atoms with van der Waals surface area (Å²) in [6.45, 7) is 2.64. The number of aryl methyl sites for hydroxylation is 2. The van der Waals surface area contributed by atoms with Crippen molar-refractivity contribution in [3.05, 3.63) is 11.4 Å². The Morgan fingerprint density at radius 1 is 1.59 bits per heavy atom. The molecule has 94 valence electrons. The SMILES string of the molecule is Cc1nn(C)c(C(=O)N(C)CC2CCC2)c1N. The molecule has 1 saturated carbocycles. The van der Waals surface area contributed by atoms with E-state index >= 15 is 0 Å². The van der Waals surface area contributed by atoms with E-state index in [0.717, 1.165) is 6.54 Å². The number of nitrogens with two attached hydrogens (primary N) is 1. The third kappa shape index (κ3) is 2.14. The summed E-state index contributed by atoms with van der Waals surface area (Å²) in [7, 11) is 3.59. The number of hydrogen-bond donors (Lipinski definition) is 1. The minimum atomic E-state index is -0.0301. The third-order valence-corrected chi connectivity index (χ3v) is 3.57. The van der Waals surface area contributed by atoms with Crippen LogP contribution >= 0.6 is 0 Å². The molecule has 0 aliphatic heterocycles. The van der Waals surface area contributed by atoms with Crippen molar-refractivity contribution in [2.75, 3.05) is 19.3 Å². The average Bonchev–Trinajstić information content (AvgIpc) is 2.46. The smallest absolute Gasteiger partial charge is 0.274 e. The Hall–Kier alpha value is -1.52. The van der Waals surface area contributed by atoms with Crippen molar-refractivity contribution in [2.24, 2.45) is 13.0 Å². The van der Waals surface area contributed by atoms with E-state index in [1.165, 1.54) is 19.3 Å². The molecule has 2 N–H and O–H groups in total. The Bertz CT molecular complexity index is 434. The van der Waals surface area contributed by atoms with E-state index in [-0.39, 0.29) is 5.91 Å². The van der Waals surface area contributed by atoms with Crippen LogP contribution in [0.25, 0.3) is 0 Å². The predicted molar refractivity (Wildman–Crippen MR) is 66.7 cm³/mol. The molecular weight excluding hydrogens is 216 g/mol. The van der Waals surface area contributed by atoms with Gasteiger partial charge in [0.25, 0.3) is 5.91 Å². The Kier molecular flexibility index (Phi) is 3.09. The van der Waals surface area contributed by atoms with E-state index in [9.17, 15) is 4.79 Å². The van der Waals surface area contributed by atoms with Gasteiger partial charge in [-0.2, -0.15) is 5.10 Å². The first-order valence-electron chi connectivity index (χ1n) is 6.05. The zero-order valence-electron chi connectivity index (χ0n) is 10.7. The lowest BCUT2D eigenvalue weighted by atomic mass is 9.85. The second-order valence-corrected chi connectivity index (χ2v) is 4.95. The van der Waals surface area contributed by atoms with Crippen molar-refractivity contribution in [1.29, 1.82) is 0 Å². The second kappa shape index (κ2) is 4.39. The summed E-state index contributed by atoms with van der Waals surface area (Å²) in [5.41, 5.74) is 7.61. The van der Waals surface area contributed by atoms with Gasteiger partial charge in [0.1, 0.15) is 5.69 Å². The molecule has 2 rings (SSSR count). The fourth-order valence-electron chi connectivity index (χ4n) is 2.25. The topological polar surface area (TPSA) is 64.2 Å². The van der Waals surface area contributed by atoms with E-state index in [0.29, 0.717) is 23.0 Å². The van der Waals surface area contributed by atoms with Crippen LogP contribution in [0.15, 0.2) is 0 Å². The van der Waals surface area contributed by atoms with Crippen LogP contribution in [0.4, 0.5) is 5.69 Å². The fourth-order valence-corrected chi connectivity index (χ4v) is 2.25. The monoisotopic (exact) mass is 236 g/mol. The summed E-state index contributed by atoms with van der Waals surface area (Å²) >= 11 is 0. The molecule has 0 spiro atoms. The molecule has 0 bridgehead atoms. The van der Waals surface area contributed by atoms with Crippen molar-refractivity contribution >= 4 is 11.6 Å². The zero-order valence-corrected chi connectivity index (χ0v) is 10.7. The van der Waals surface area contributed by atoms with Gasteiger partial charge in [-0.3, -0.25) is 9.48 Å². The standard InChI is InChI=1S/C12H20N4O/c1-8-10(13)11(16(3)14-8)12(17)15(2)7-9-5-4-6-9/h9H,4-7,13H2,1-3H3. The molecule has 0 atom stereocenters. The minimum Gasteiger partial charge on any atom is -0.395 e. The number of nitrogen functional groups attached to an aromatic ring is 1. The van der Waals surface area contributed by atoms with E-state index in [4.69, 9.17) is 5.73 Å². The Labute approximate surface area is 102 Å². The molecule has 1 fully saturated rings. The lowest BCUT2D eigenvalue weighted by molar-refractivity contribution is 0.0735. The molecule has 1 aromatic rings. The quantitative estimate of drug-likeness (QED) is 0.857. The average molecular weight is 236 g/mol. The second-order valence-electron chi connectivity index (χ2n) is 4.95. The number of carbonyl (C=O) groups is 1. The molecule has 0 radical (unpaired) electrons. The zero-order chi connectivity index (χ0) is 12.6. The molecule has 1 aliphatic rings. The first-order valence-corrected chi connectivity index (χ1v) is 6.05. The highest BCUT2D eigenvalue weighted by molar-refractivity contribution is 5.97. The maximum atomic E-state index is 12.3. The molecule has 5 heteroatoms. The van der Waals surface area contributed by atoms with Crippen LogP contribution in [0.5, 0.6) is 0 Å². The Morgan fingerprint density at radius 3 is 2.65 bits per heavy atom. The molecule has 1 heterocycles. The number of nitrogens with zero attached hydrogens (tertiary/aromatic N) is 3. The van der Waals surface area contributed by atoms with Gasteiger partial charge in [-0.1, -0.05) is 6.42 Å². The summed E-state index contributed by atoms with van der Waals surface area (Å²) in [6, 6.07) is 0. The number of carbonyl (C=O) groups excluding carboxylic acids is 1. The summed E-state index contributed by atoms with van der Waals surface area (Å²) in [4.78, 5) is 14.0. The van der Waals surface area contributed by atoms with Gasteiger partial charge >= 0.3 is 0 Å². The van der Waals surface area contributed by atoms with Gasteiger partial charge in [-0.05, 0) is 25.7 Å². The van der Waals surface area contributed by atoms with Crippen LogP contribution in [0.3, 0.4) is 0 Å². The molecule has 0 saturated heterocycles. The number of aromatic nitrogens is 2. The molecule has 1 aromatic heterocycles. The first kappa shape index (κ1) is 12.0. The molecule has 0 unspecified atom stereocenters. The van der Waals surface area contributed by atoms with Gasteiger partial charge in [0.05, 0.1) is 11.4 Å².